The van der Waals surface area contributed by atoms with Crippen molar-refractivity contribution in [2.45, 2.75) is 79.0 Å². The molecule has 30 heavy (non-hydrogen) atoms. The summed E-state index contributed by atoms with van der Waals surface area (Å²) in [5.41, 5.74) is 3.30. The Labute approximate surface area is 179 Å². The number of esters is 1. The lowest BCUT2D eigenvalue weighted by atomic mass is 9.92. The second-order valence-corrected chi connectivity index (χ2v) is 9.13. The van der Waals surface area contributed by atoms with Gasteiger partial charge in [-0.1, -0.05) is 43.7 Å². The molecule has 1 aromatic rings. The number of hydrogen-bond acceptors (Lipinski definition) is 4. The van der Waals surface area contributed by atoms with Gasteiger partial charge in [-0.05, 0) is 58.2 Å². The van der Waals surface area contributed by atoms with Crippen molar-refractivity contribution in [3.8, 4) is 0 Å². The first-order chi connectivity index (χ1) is 14.0. The van der Waals surface area contributed by atoms with Crippen LogP contribution in [-0.4, -0.2) is 30.1 Å². The lowest BCUT2D eigenvalue weighted by molar-refractivity contribution is -0.149. The maximum atomic E-state index is 15.1. The van der Waals surface area contributed by atoms with Crippen LogP contribution in [0.2, 0.25) is 0 Å². The molecule has 0 N–H and O–H groups in total. The highest BCUT2D eigenvalue weighted by Crippen LogP contribution is 2.37. The maximum Gasteiger partial charge on any atom is 0.339 e. The van der Waals surface area contributed by atoms with Gasteiger partial charge in [-0.25, -0.2) is 9.18 Å². The Kier molecular flexibility index (Phi) is 6.54. The Morgan fingerprint density at radius 3 is 2.50 bits per heavy atom. The predicted molar refractivity (Wildman–Crippen MR) is 116 cm³/mol. The van der Waals surface area contributed by atoms with Crippen LogP contribution >= 0.6 is 0 Å². The number of ether oxygens (including phenoxy) is 3. The van der Waals surface area contributed by atoms with Gasteiger partial charge in [0.1, 0.15) is 11.9 Å². The first kappa shape index (κ1) is 22.7. The van der Waals surface area contributed by atoms with Gasteiger partial charge in [-0.15, -0.1) is 0 Å². The predicted octanol–water partition coefficient (Wildman–Crippen LogP) is 5.91. The Morgan fingerprint density at radius 1 is 1.10 bits per heavy atom. The number of aryl methyl sites for hydroxylation is 2. The number of carbonyl (C=O) groups is 1. The van der Waals surface area contributed by atoms with E-state index in [1.54, 1.807) is 13.0 Å². The molecule has 2 heterocycles. The van der Waals surface area contributed by atoms with E-state index in [9.17, 15) is 4.79 Å². The van der Waals surface area contributed by atoms with Crippen molar-refractivity contribution in [1.82, 2.24) is 0 Å². The number of carbonyl (C=O) groups excluding carboxylic acids is 1. The molecule has 5 atom stereocenters. The second kappa shape index (κ2) is 8.64. The first-order valence-electron chi connectivity index (χ1n) is 10.7. The molecule has 164 valence electrons. The highest BCUT2D eigenvalue weighted by Gasteiger charge is 2.44. The minimum Gasteiger partial charge on any atom is -0.458 e. The van der Waals surface area contributed by atoms with Crippen molar-refractivity contribution in [1.29, 1.82) is 0 Å². The van der Waals surface area contributed by atoms with Gasteiger partial charge in [-0.2, -0.15) is 0 Å². The van der Waals surface area contributed by atoms with Crippen LogP contribution in [0, 0.1) is 25.7 Å². The molecule has 5 heteroatoms. The molecule has 4 nitrogen and oxygen atoms in total. The number of fused-ring (bicyclic) bond motifs is 2. The standard InChI is InChI=1S/C25H33FO4/c1-14-11-16(3)22-19(12-14)9-8-10-21-23(30-25(6,7)29-21)17(4)20(26)13-15(2)18(5)28-24(22)27/h8-9,11-13,15,17-18,21,23H,10H2,1-7H3/b9-8+,20-13+/t15-,17?,18+,21+,23-/m1/s1. The Balaban J connectivity index is 2.06. The van der Waals surface area contributed by atoms with Crippen LogP contribution in [0.4, 0.5) is 4.39 Å². The molecule has 2 aliphatic heterocycles. The fraction of sp³-hybridized carbons (Fsp3) is 0.560. The van der Waals surface area contributed by atoms with Crippen LogP contribution in [0.5, 0.6) is 0 Å². The minimum atomic E-state index is -0.769. The largest absolute Gasteiger partial charge is 0.458 e. The number of hydrogen-bond donors (Lipinski definition) is 0. The second-order valence-electron chi connectivity index (χ2n) is 9.13. The lowest BCUT2D eigenvalue weighted by Gasteiger charge is -2.24. The van der Waals surface area contributed by atoms with E-state index in [4.69, 9.17) is 14.2 Å². The molecule has 1 unspecified atom stereocenters. The Bertz CT molecular complexity index is 870. The van der Waals surface area contributed by atoms with Crippen LogP contribution in [0.15, 0.2) is 30.1 Å². The van der Waals surface area contributed by atoms with Crippen LogP contribution < -0.4 is 0 Å². The van der Waals surface area contributed by atoms with Crippen molar-refractivity contribution >= 4 is 12.0 Å². The summed E-state index contributed by atoms with van der Waals surface area (Å²) in [5.74, 6) is -2.16. The smallest absolute Gasteiger partial charge is 0.339 e. The van der Waals surface area contributed by atoms with Crippen molar-refractivity contribution < 1.29 is 23.4 Å². The molecule has 1 aromatic carbocycles. The third kappa shape index (κ3) is 4.84. The van der Waals surface area contributed by atoms with E-state index >= 15 is 4.39 Å². The topological polar surface area (TPSA) is 44.8 Å². The zero-order valence-electron chi connectivity index (χ0n) is 19.0. The van der Waals surface area contributed by atoms with Crippen LogP contribution in [0.25, 0.3) is 6.08 Å². The summed E-state index contributed by atoms with van der Waals surface area (Å²) in [6, 6.07) is 3.95. The van der Waals surface area contributed by atoms with E-state index in [-0.39, 0.29) is 23.8 Å². The van der Waals surface area contributed by atoms with E-state index in [1.165, 1.54) is 0 Å². The quantitative estimate of drug-likeness (QED) is 0.493. The van der Waals surface area contributed by atoms with E-state index in [0.29, 0.717) is 12.0 Å². The highest BCUT2D eigenvalue weighted by molar-refractivity contribution is 5.95. The molecular formula is C25H33FO4. The summed E-state index contributed by atoms with van der Waals surface area (Å²) >= 11 is 0. The van der Waals surface area contributed by atoms with Gasteiger partial charge in [-0.3, -0.25) is 0 Å². The van der Waals surface area contributed by atoms with Crippen LogP contribution in [0.3, 0.4) is 0 Å². The van der Waals surface area contributed by atoms with Gasteiger partial charge in [0, 0.05) is 11.8 Å². The molecule has 2 aliphatic rings. The van der Waals surface area contributed by atoms with Gasteiger partial charge in [0.15, 0.2) is 5.79 Å². The summed E-state index contributed by atoms with van der Waals surface area (Å²) in [6.45, 7) is 13.1. The lowest BCUT2D eigenvalue weighted by Crippen LogP contribution is -2.30. The average Bonchev–Trinajstić information content (AvgIpc) is 2.94. The van der Waals surface area contributed by atoms with Gasteiger partial charge in [0.05, 0.1) is 17.8 Å². The van der Waals surface area contributed by atoms with E-state index in [2.05, 4.69) is 0 Å². The van der Waals surface area contributed by atoms with Crippen molar-refractivity contribution in [2.75, 3.05) is 0 Å². The third-order valence-electron chi connectivity index (χ3n) is 5.99. The summed E-state index contributed by atoms with van der Waals surface area (Å²) in [6.07, 6.45) is 4.86. The molecule has 0 spiro atoms. The zero-order valence-corrected chi connectivity index (χ0v) is 19.0. The van der Waals surface area contributed by atoms with Crippen LogP contribution in [-0.2, 0) is 14.2 Å². The summed E-state index contributed by atoms with van der Waals surface area (Å²) in [5, 5.41) is 0. The molecule has 0 radical (unpaired) electrons. The van der Waals surface area contributed by atoms with Crippen molar-refractivity contribution in [3.63, 3.8) is 0 Å². The summed E-state index contributed by atoms with van der Waals surface area (Å²) in [7, 11) is 0. The molecule has 1 fully saturated rings. The monoisotopic (exact) mass is 416 g/mol. The van der Waals surface area contributed by atoms with Gasteiger partial charge in [0.2, 0.25) is 0 Å². The maximum absolute atomic E-state index is 15.1. The summed E-state index contributed by atoms with van der Waals surface area (Å²) < 4.78 is 32.9. The third-order valence-corrected chi connectivity index (χ3v) is 5.99. The van der Waals surface area contributed by atoms with Crippen molar-refractivity contribution in [2.24, 2.45) is 11.8 Å². The van der Waals surface area contributed by atoms with Gasteiger partial charge < -0.3 is 14.2 Å². The Morgan fingerprint density at radius 2 is 1.80 bits per heavy atom. The first-order valence-corrected chi connectivity index (χ1v) is 10.7. The number of halogens is 1. The molecule has 3 rings (SSSR count). The molecule has 0 amide bonds. The number of cyclic esters (lactones) is 1. The minimum absolute atomic E-state index is 0.269. The average molecular weight is 417 g/mol. The fourth-order valence-electron chi connectivity index (χ4n) is 4.24. The van der Waals surface area contributed by atoms with E-state index in [0.717, 1.165) is 16.7 Å². The van der Waals surface area contributed by atoms with Gasteiger partial charge >= 0.3 is 5.97 Å². The summed E-state index contributed by atoms with van der Waals surface area (Å²) in [4.78, 5) is 13.0. The van der Waals surface area contributed by atoms with Crippen LogP contribution in [0.1, 0.15) is 68.1 Å². The normalized spacial score (nSPS) is 34.7. The number of benzene rings is 1. The number of rotatable bonds is 0. The van der Waals surface area contributed by atoms with E-state index in [1.807, 2.05) is 65.8 Å². The molecule has 0 aromatic heterocycles. The molecule has 0 bridgehead atoms. The zero-order chi connectivity index (χ0) is 22.2. The SMILES string of the molecule is Cc1cc(C)c2c(c1)/C=C/C[C@@H]1OC(C)(C)O[C@@H]1C(C)/C(F)=C\[C@@H](C)[C@H](C)OC2=O. The molecular weight excluding hydrogens is 383 g/mol. The van der Waals surface area contributed by atoms with Gasteiger partial charge in [0.25, 0.3) is 0 Å². The molecule has 0 aliphatic carbocycles. The van der Waals surface area contributed by atoms with E-state index < -0.39 is 23.9 Å². The molecule has 0 saturated carbocycles. The van der Waals surface area contributed by atoms with Crippen molar-refractivity contribution in [3.05, 3.63) is 52.4 Å². The fourth-order valence-corrected chi connectivity index (χ4v) is 4.24. The Hall–Kier alpha value is -1.98. The highest BCUT2D eigenvalue weighted by atomic mass is 19.1. The molecule has 1 saturated heterocycles.